The first kappa shape index (κ1) is 12.5. The van der Waals surface area contributed by atoms with Gasteiger partial charge in [0.1, 0.15) is 0 Å². The Labute approximate surface area is 118 Å². The van der Waals surface area contributed by atoms with Crippen LogP contribution in [-0.4, -0.2) is 11.5 Å². The highest BCUT2D eigenvalue weighted by Gasteiger charge is 2.26. The van der Waals surface area contributed by atoms with Gasteiger partial charge >= 0.3 is 0 Å². The summed E-state index contributed by atoms with van der Waals surface area (Å²) in [5, 5.41) is 0. The highest BCUT2D eigenvalue weighted by atomic mass is 32.2. The van der Waals surface area contributed by atoms with Crippen LogP contribution in [0.25, 0.3) is 0 Å². The van der Waals surface area contributed by atoms with E-state index in [-0.39, 0.29) is 11.7 Å². The van der Waals surface area contributed by atoms with Gasteiger partial charge in [-0.05, 0) is 36.8 Å². The van der Waals surface area contributed by atoms with Gasteiger partial charge in [-0.3, -0.25) is 4.79 Å². The van der Waals surface area contributed by atoms with Gasteiger partial charge in [-0.2, -0.15) is 0 Å². The van der Waals surface area contributed by atoms with E-state index in [1.54, 1.807) is 11.8 Å². The maximum absolute atomic E-state index is 12.8. The van der Waals surface area contributed by atoms with Crippen molar-refractivity contribution in [3.63, 3.8) is 0 Å². The normalized spacial score (nSPS) is 18.8. The molecule has 0 amide bonds. The number of ketones is 1. The lowest BCUT2D eigenvalue weighted by Crippen LogP contribution is -2.12. The van der Waals surface area contributed by atoms with E-state index in [1.165, 1.54) is 0 Å². The van der Waals surface area contributed by atoms with Gasteiger partial charge in [-0.25, -0.2) is 0 Å². The monoisotopic (exact) mass is 268 g/mol. The summed E-state index contributed by atoms with van der Waals surface area (Å²) >= 11 is 1.80. The van der Waals surface area contributed by atoms with Crippen LogP contribution in [0.1, 0.15) is 33.8 Å². The van der Waals surface area contributed by atoms with Gasteiger partial charge in [0.2, 0.25) is 0 Å². The van der Waals surface area contributed by atoms with Crippen molar-refractivity contribution in [3.05, 3.63) is 65.2 Å². The number of hydrogen-bond donors (Lipinski definition) is 0. The summed E-state index contributed by atoms with van der Waals surface area (Å²) in [5.74, 6) is 1.29. The van der Waals surface area contributed by atoms with Gasteiger partial charge in [0, 0.05) is 16.4 Å². The minimum absolute atomic E-state index is 0.0109. The molecule has 0 saturated carbocycles. The summed E-state index contributed by atoms with van der Waals surface area (Å²) < 4.78 is 0. The predicted octanol–water partition coefficient (Wildman–Crippen LogP) is 4.46. The third-order valence-corrected chi connectivity index (χ3v) is 4.69. The van der Waals surface area contributed by atoms with E-state index in [1.807, 2.05) is 31.2 Å². The smallest absolute Gasteiger partial charge is 0.171 e. The first-order valence-electron chi connectivity index (χ1n) is 6.58. The molecule has 0 N–H and O–H groups in total. The molecule has 0 bridgehead atoms. The summed E-state index contributed by atoms with van der Waals surface area (Å²) in [6, 6.07) is 16.4. The number of carbonyl (C=O) groups is 1. The Morgan fingerprint density at radius 3 is 2.68 bits per heavy atom. The van der Waals surface area contributed by atoms with E-state index in [9.17, 15) is 4.79 Å². The summed E-state index contributed by atoms with van der Waals surface area (Å²) in [4.78, 5) is 13.9. The molecule has 0 fully saturated rings. The third-order valence-electron chi connectivity index (χ3n) is 3.58. The van der Waals surface area contributed by atoms with Gasteiger partial charge in [0.05, 0.1) is 0 Å². The fourth-order valence-corrected chi connectivity index (χ4v) is 3.62. The molecular formula is C17H16OS. The second-order valence-corrected chi connectivity index (χ2v) is 6.10. The summed E-state index contributed by atoms with van der Waals surface area (Å²) in [6.45, 7) is 2.04. The average molecular weight is 268 g/mol. The lowest BCUT2D eigenvalue weighted by atomic mass is 9.88. The van der Waals surface area contributed by atoms with Crippen LogP contribution in [0.15, 0.2) is 53.4 Å². The van der Waals surface area contributed by atoms with E-state index in [4.69, 9.17) is 0 Å². The molecule has 96 valence electrons. The van der Waals surface area contributed by atoms with E-state index >= 15 is 0 Å². The third kappa shape index (κ3) is 2.45. The summed E-state index contributed by atoms with van der Waals surface area (Å²) in [6.07, 6.45) is 0.918. The Bertz CT molecular complexity index is 604. The van der Waals surface area contributed by atoms with E-state index < -0.39 is 0 Å². The Morgan fingerprint density at radius 1 is 1.11 bits per heavy atom. The lowest BCUT2D eigenvalue weighted by Gasteiger charge is -2.13. The maximum Gasteiger partial charge on any atom is 0.171 e. The minimum Gasteiger partial charge on any atom is -0.293 e. The number of hydrogen-bond acceptors (Lipinski definition) is 2. The van der Waals surface area contributed by atoms with E-state index in [0.717, 1.165) is 33.8 Å². The molecule has 1 atom stereocenters. The number of carbonyl (C=O) groups excluding carboxylic acids is 1. The van der Waals surface area contributed by atoms with Crippen molar-refractivity contribution in [2.75, 3.05) is 5.75 Å². The zero-order valence-corrected chi connectivity index (χ0v) is 11.7. The van der Waals surface area contributed by atoms with Gasteiger partial charge in [0.25, 0.3) is 0 Å². The van der Waals surface area contributed by atoms with E-state index in [2.05, 4.69) is 24.3 Å². The molecule has 1 aliphatic heterocycles. The van der Waals surface area contributed by atoms with Crippen molar-refractivity contribution in [1.29, 1.82) is 0 Å². The molecule has 3 rings (SSSR count). The van der Waals surface area contributed by atoms with E-state index in [0.29, 0.717) is 0 Å². The zero-order valence-electron chi connectivity index (χ0n) is 10.9. The van der Waals surface area contributed by atoms with Crippen LogP contribution in [0.2, 0.25) is 0 Å². The molecule has 2 aromatic rings. The Balaban J connectivity index is 2.04. The number of thioether (sulfide) groups is 1. The van der Waals surface area contributed by atoms with Crippen LogP contribution in [0.4, 0.5) is 0 Å². The second kappa shape index (κ2) is 5.22. The molecule has 2 aromatic carbocycles. The molecule has 0 saturated heterocycles. The van der Waals surface area contributed by atoms with Crippen molar-refractivity contribution in [2.24, 2.45) is 0 Å². The van der Waals surface area contributed by atoms with Gasteiger partial charge < -0.3 is 0 Å². The maximum atomic E-state index is 12.8. The number of fused-ring (bicyclic) bond motifs is 1. The lowest BCUT2D eigenvalue weighted by molar-refractivity contribution is 0.0956. The minimum atomic E-state index is 0.0109. The molecule has 0 aliphatic carbocycles. The first-order valence-corrected chi connectivity index (χ1v) is 7.57. The predicted molar refractivity (Wildman–Crippen MR) is 80.0 cm³/mol. The molecule has 2 heteroatoms. The molecular weight excluding hydrogens is 252 g/mol. The van der Waals surface area contributed by atoms with Crippen molar-refractivity contribution in [3.8, 4) is 0 Å². The Hall–Kier alpha value is -1.54. The largest absolute Gasteiger partial charge is 0.293 e. The highest BCUT2D eigenvalue weighted by molar-refractivity contribution is 7.99. The standard InChI is InChI=1S/C17H16OS/c1-12-7-8-16-15(11-12)17(18)14(9-10-19-16)13-5-3-2-4-6-13/h2-8,11,14H,9-10H2,1H3. The van der Waals surface area contributed by atoms with Crippen LogP contribution in [-0.2, 0) is 0 Å². The quantitative estimate of drug-likeness (QED) is 0.759. The molecule has 1 heterocycles. The fourth-order valence-electron chi connectivity index (χ4n) is 2.57. The van der Waals surface area contributed by atoms with Crippen LogP contribution in [0, 0.1) is 6.92 Å². The second-order valence-electron chi connectivity index (χ2n) is 4.96. The molecule has 1 unspecified atom stereocenters. The summed E-state index contributed by atoms with van der Waals surface area (Å²) in [5.41, 5.74) is 3.19. The first-order chi connectivity index (χ1) is 9.25. The molecule has 1 aliphatic rings. The van der Waals surface area contributed by atoms with Crippen molar-refractivity contribution in [2.45, 2.75) is 24.2 Å². The van der Waals surface area contributed by atoms with Gasteiger partial charge in [0.15, 0.2) is 5.78 Å². The summed E-state index contributed by atoms with van der Waals surface area (Å²) in [7, 11) is 0. The Morgan fingerprint density at radius 2 is 1.89 bits per heavy atom. The van der Waals surface area contributed by atoms with Crippen molar-refractivity contribution < 1.29 is 4.79 Å². The molecule has 0 aromatic heterocycles. The average Bonchev–Trinajstić information content (AvgIpc) is 2.60. The number of aryl methyl sites for hydroxylation is 1. The topological polar surface area (TPSA) is 17.1 Å². The van der Waals surface area contributed by atoms with Crippen LogP contribution in [0.5, 0.6) is 0 Å². The molecule has 19 heavy (non-hydrogen) atoms. The van der Waals surface area contributed by atoms with Crippen LogP contribution >= 0.6 is 11.8 Å². The highest BCUT2D eigenvalue weighted by Crippen LogP contribution is 2.36. The zero-order chi connectivity index (χ0) is 13.2. The fraction of sp³-hybridized carbons (Fsp3) is 0.235. The number of benzene rings is 2. The number of Topliss-reactive ketones (excluding diaryl/α,β-unsaturated/α-hetero) is 1. The van der Waals surface area contributed by atoms with Crippen LogP contribution in [0.3, 0.4) is 0 Å². The molecule has 0 radical (unpaired) electrons. The van der Waals surface area contributed by atoms with Gasteiger partial charge in [-0.1, -0.05) is 42.0 Å². The van der Waals surface area contributed by atoms with Crippen LogP contribution < -0.4 is 0 Å². The van der Waals surface area contributed by atoms with Crippen molar-refractivity contribution >= 4 is 17.5 Å². The number of rotatable bonds is 1. The molecule has 0 spiro atoms. The Kier molecular flexibility index (Phi) is 3.43. The van der Waals surface area contributed by atoms with Crippen molar-refractivity contribution in [1.82, 2.24) is 0 Å². The molecule has 1 nitrogen and oxygen atoms in total. The van der Waals surface area contributed by atoms with Gasteiger partial charge in [-0.15, -0.1) is 11.8 Å². The SMILES string of the molecule is Cc1ccc2c(c1)C(=O)C(c1ccccc1)CCS2.